The van der Waals surface area contributed by atoms with Crippen molar-refractivity contribution in [3.05, 3.63) is 62.5 Å². The molecule has 0 aliphatic heterocycles. The number of hydrogen-bond donors (Lipinski definition) is 1. The molecular formula is C19H19Br2NO2. The molecule has 2 rings (SSSR count). The summed E-state index contributed by atoms with van der Waals surface area (Å²) in [6.07, 6.45) is 3.22. The van der Waals surface area contributed by atoms with E-state index in [4.69, 9.17) is 4.74 Å². The Labute approximate surface area is 159 Å². The normalized spacial score (nSPS) is 11.1. The van der Waals surface area contributed by atoms with Crippen LogP contribution in [0.3, 0.4) is 0 Å². The van der Waals surface area contributed by atoms with Crippen LogP contribution in [0.4, 0.5) is 5.69 Å². The molecule has 3 nitrogen and oxygen atoms in total. The molecule has 0 atom stereocenters. The van der Waals surface area contributed by atoms with Crippen LogP contribution in [0.1, 0.15) is 30.9 Å². The van der Waals surface area contributed by atoms with E-state index < -0.39 is 0 Å². The molecule has 1 amide bonds. The van der Waals surface area contributed by atoms with Gasteiger partial charge in [0.05, 0.1) is 11.6 Å². The zero-order valence-corrected chi connectivity index (χ0v) is 16.9. The molecule has 0 heterocycles. The van der Waals surface area contributed by atoms with Crippen LogP contribution >= 0.6 is 31.9 Å². The molecule has 0 bridgehead atoms. The first kappa shape index (κ1) is 18.7. The fraction of sp³-hybridized carbons (Fsp3) is 0.211. The molecular weight excluding hydrogens is 434 g/mol. The van der Waals surface area contributed by atoms with Crippen molar-refractivity contribution in [1.29, 1.82) is 0 Å². The van der Waals surface area contributed by atoms with E-state index in [1.54, 1.807) is 13.2 Å². The third-order valence-corrected chi connectivity index (χ3v) is 4.55. The smallest absolute Gasteiger partial charge is 0.248 e. The number of benzene rings is 2. The second-order valence-electron chi connectivity index (χ2n) is 5.61. The standard InChI is InChI=1S/C19H19Br2NO2/c1-12(2)13-4-7-16(8-5-13)22-18(23)9-6-14-10-15(20)11-17(21)19(14)24-3/h4-12H,1-3H3,(H,22,23)/b9-6+. The molecule has 0 aliphatic rings. The highest BCUT2D eigenvalue weighted by atomic mass is 79.9. The lowest BCUT2D eigenvalue weighted by Gasteiger charge is -2.09. The minimum atomic E-state index is -0.189. The van der Waals surface area contributed by atoms with Crippen molar-refractivity contribution in [3.8, 4) is 5.75 Å². The zero-order valence-electron chi connectivity index (χ0n) is 13.8. The highest BCUT2D eigenvalue weighted by Gasteiger charge is 2.07. The Morgan fingerprint density at radius 1 is 1.17 bits per heavy atom. The van der Waals surface area contributed by atoms with Gasteiger partial charge in [-0.05, 0) is 57.8 Å². The summed E-state index contributed by atoms with van der Waals surface area (Å²) in [4.78, 5) is 12.1. The van der Waals surface area contributed by atoms with Crippen molar-refractivity contribution >= 4 is 49.5 Å². The second-order valence-corrected chi connectivity index (χ2v) is 7.38. The van der Waals surface area contributed by atoms with Gasteiger partial charge in [0.25, 0.3) is 0 Å². The fourth-order valence-corrected chi connectivity index (χ4v) is 3.64. The number of hydrogen-bond acceptors (Lipinski definition) is 2. The molecule has 5 heteroatoms. The summed E-state index contributed by atoms with van der Waals surface area (Å²) in [5.41, 5.74) is 2.83. The maximum absolute atomic E-state index is 12.1. The summed E-state index contributed by atoms with van der Waals surface area (Å²) in [5.74, 6) is 0.964. The van der Waals surface area contributed by atoms with Crippen LogP contribution in [-0.4, -0.2) is 13.0 Å². The molecule has 0 unspecified atom stereocenters. The lowest BCUT2D eigenvalue weighted by molar-refractivity contribution is -0.111. The molecule has 0 aromatic heterocycles. The van der Waals surface area contributed by atoms with E-state index in [1.807, 2.05) is 36.4 Å². The van der Waals surface area contributed by atoms with Crippen molar-refractivity contribution in [3.63, 3.8) is 0 Å². The number of methoxy groups -OCH3 is 1. The van der Waals surface area contributed by atoms with Gasteiger partial charge in [0, 0.05) is 21.8 Å². The lowest BCUT2D eigenvalue weighted by Crippen LogP contribution is -2.07. The molecule has 2 aromatic carbocycles. The van der Waals surface area contributed by atoms with Gasteiger partial charge < -0.3 is 10.1 Å². The van der Waals surface area contributed by atoms with Crippen molar-refractivity contribution in [2.45, 2.75) is 19.8 Å². The van der Waals surface area contributed by atoms with Crippen LogP contribution in [-0.2, 0) is 4.79 Å². The van der Waals surface area contributed by atoms with Gasteiger partial charge in [-0.3, -0.25) is 4.79 Å². The highest BCUT2D eigenvalue weighted by Crippen LogP contribution is 2.33. The Morgan fingerprint density at radius 3 is 2.42 bits per heavy atom. The van der Waals surface area contributed by atoms with Crippen molar-refractivity contribution in [2.24, 2.45) is 0 Å². The van der Waals surface area contributed by atoms with Gasteiger partial charge in [-0.25, -0.2) is 0 Å². The van der Waals surface area contributed by atoms with Gasteiger partial charge in [0.1, 0.15) is 5.75 Å². The average Bonchev–Trinajstić information content (AvgIpc) is 2.53. The number of carbonyl (C=O) groups is 1. The molecule has 0 aliphatic carbocycles. The number of anilines is 1. The molecule has 0 saturated heterocycles. The highest BCUT2D eigenvalue weighted by molar-refractivity contribution is 9.11. The van der Waals surface area contributed by atoms with Gasteiger partial charge in [-0.1, -0.05) is 41.9 Å². The summed E-state index contributed by atoms with van der Waals surface area (Å²) in [5, 5.41) is 2.86. The van der Waals surface area contributed by atoms with Crippen molar-refractivity contribution < 1.29 is 9.53 Å². The van der Waals surface area contributed by atoms with Crippen molar-refractivity contribution in [2.75, 3.05) is 12.4 Å². The molecule has 1 N–H and O–H groups in total. The lowest BCUT2D eigenvalue weighted by atomic mass is 10.0. The SMILES string of the molecule is COc1c(Br)cc(Br)cc1/C=C/C(=O)Nc1ccc(C(C)C)cc1. The largest absolute Gasteiger partial charge is 0.495 e. The van der Waals surface area contributed by atoms with E-state index in [9.17, 15) is 4.79 Å². The summed E-state index contributed by atoms with van der Waals surface area (Å²) in [6, 6.07) is 11.7. The predicted molar refractivity (Wildman–Crippen MR) is 107 cm³/mol. The Kier molecular flexibility index (Phi) is 6.63. The Hall–Kier alpha value is -1.59. The maximum Gasteiger partial charge on any atom is 0.248 e. The van der Waals surface area contributed by atoms with Crippen LogP contribution < -0.4 is 10.1 Å². The first-order valence-electron chi connectivity index (χ1n) is 7.52. The molecule has 2 aromatic rings. The summed E-state index contributed by atoms with van der Waals surface area (Å²) >= 11 is 6.88. The number of carbonyl (C=O) groups excluding carboxylic acids is 1. The molecule has 24 heavy (non-hydrogen) atoms. The van der Waals surface area contributed by atoms with Crippen LogP contribution in [0.15, 0.2) is 51.4 Å². The zero-order chi connectivity index (χ0) is 17.7. The van der Waals surface area contributed by atoms with E-state index in [1.165, 1.54) is 11.6 Å². The number of amides is 1. The monoisotopic (exact) mass is 451 g/mol. The number of halogens is 2. The summed E-state index contributed by atoms with van der Waals surface area (Å²) in [7, 11) is 1.60. The molecule has 0 saturated carbocycles. The van der Waals surface area contributed by atoms with Gasteiger partial charge in [0.2, 0.25) is 5.91 Å². The Morgan fingerprint density at radius 2 is 1.83 bits per heavy atom. The van der Waals surface area contributed by atoms with E-state index in [0.717, 1.165) is 20.2 Å². The average molecular weight is 453 g/mol. The topological polar surface area (TPSA) is 38.3 Å². The van der Waals surface area contributed by atoms with E-state index >= 15 is 0 Å². The molecule has 0 fully saturated rings. The van der Waals surface area contributed by atoms with E-state index in [0.29, 0.717) is 11.7 Å². The van der Waals surface area contributed by atoms with Gasteiger partial charge in [-0.15, -0.1) is 0 Å². The molecule has 0 spiro atoms. The second kappa shape index (κ2) is 8.49. The first-order valence-corrected chi connectivity index (χ1v) is 9.11. The molecule has 126 valence electrons. The minimum Gasteiger partial charge on any atom is -0.495 e. The minimum absolute atomic E-state index is 0.189. The van der Waals surface area contributed by atoms with E-state index in [-0.39, 0.29) is 5.91 Å². The van der Waals surface area contributed by atoms with Crippen LogP contribution in [0.2, 0.25) is 0 Å². The summed E-state index contributed by atoms with van der Waals surface area (Å²) < 4.78 is 7.09. The summed E-state index contributed by atoms with van der Waals surface area (Å²) in [6.45, 7) is 4.28. The van der Waals surface area contributed by atoms with Crippen molar-refractivity contribution in [1.82, 2.24) is 0 Å². The predicted octanol–water partition coefficient (Wildman–Crippen LogP) is 6.00. The van der Waals surface area contributed by atoms with Gasteiger partial charge in [-0.2, -0.15) is 0 Å². The first-order chi connectivity index (χ1) is 11.4. The quantitative estimate of drug-likeness (QED) is 0.565. The Balaban J connectivity index is 2.11. The number of ether oxygens (including phenoxy) is 1. The van der Waals surface area contributed by atoms with E-state index in [2.05, 4.69) is 51.0 Å². The van der Waals surface area contributed by atoms with Gasteiger partial charge in [0.15, 0.2) is 0 Å². The van der Waals surface area contributed by atoms with Gasteiger partial charge >= 0.3 is 0 Å². The molecule has 0 radical (unpaired) electrons. The van der Waals surface area contributed by atoms with Crippen LogP contribution in [0, 0.1) is 0 Å². The van der Waals surface area contributed by atoms with Crippen LogP contribution in [0.5, 0.6) is 5.75 Å². The maximum atomic E-state index is 12.1. The third-order valence-electron chi connectivity index (χ3n) is 3.50. The third kappa shape index (κ3) is 4.95. The van der Waals surface area contributed by atoms with Crippen LogP contribution in [0.25, 0.3) is 6.08 Å². The number of nitrogens with one attached hydrogen (secondary N) is 1. The number of rotatable bonds is 5. The Bertz CT molecular complexity index is 753. The fourth-order valence-electron chi connectivity index (χ4n) is 2.22.